The number of carbonyl (C=O) groups is 1. The summed E-state index contributed by atoms with van der Waals surface area (Å²) in [5, 5.41) is 8.51. The third kappa shape index (κ3) is 2.70. The molecule has 4 nitrogen and oxygen atoms in total. The fourth-order valence-corrected chi connectivity index (χ4v) is 2.21. The summed E-state index contributed by atoms with van der Waals surface area (Å²) in [6.07, 6.45) is 2.32. The van der Waals surface area contributed by atoms with Crippen LogP contribution in [0, 0.1) is 17.5 Å². The number of halogens is 3. The minimum atomic E-state index is -1.67. The summed E-state index contributed by atoms with van der Waals surface area (Å²) in [5.41, 5.74) is -2.00. The molecule has 0 saturated heterocycles. The predicted octanol–water partition coefficient (Wildman–Crippen LogP) is -0.432. The Balaban J connectivity index is 0.00000121. The number of benzene rings is 1. The zero-order valence-electron chi connectivity index (χ0n) is 12.0. The van der Waals surface area contributed by atoms with Gasteiger partial charge in [-0.05, 0) is 18.9 Å². The van der Waals surface area contributed by atoms with E-state index in [1.54, 1.807) is 0 Å². The molecule has 3 rings (SSSR count). The first-order valence-electron chi connectivity index (χ1n) is 5.87. The van der Waals surface area contributed by atoms with Crippen molar-refractivity contribution in [2.75, 3.05) is 0 Å². The van der Waals surface area contributed by atoms with E-state index in [9.17, 15) is 22.8 Å². The largest absolute Gasteiger partial charge is 1.00 e. The van der Waals surface area contributed by atoms with Crippen LogP contribution in [0.3, 0.4) is 0 Å². The molecule has 1 N–H and O–H groups in total. The average Bonchev–Trinajstić information content (AvgIpc) is 3.21. The van der Waals surface area contributed by atoms with Crippen LogP contribution in [-0.4, -0.2) is 15.6 Å². The van der Waals surface area contributed by atoms with Crippen LogP contribution in [0.15, 0.2) is 17.1 Å². The average molecular weight is 323 g/mol. The van der Waals surface area contributed by atoms with Gasteiger partial charge in [0.1, 0.15) is 5.56 Å². The van der Waals surface area contributed by atoms with Crippen LogP contribution in [0.4, 0.5) is 13.2 Å². The molecule has 1 aliphatic rings. The van der Waals surface area contributed by atoms with E-state index in [-0.39, 0.29) is 64.4 Å². The SMILES string of the molecule is O=C(O)c1cn(C2CC2)c2c(F)c(F)c(F)cc2c1=O.[H-].[K+]. The molecule has 2 aromatic rings. The van der Waals surface area contributed by atoms with Gasteiger partial charge in [-0.25, -0.2) is 18.0 Å². The summed E-state index contributed by atoms with van der Waals surface area (Å²) in [6.45, 7) is 0. The molecule has 106 valence electrons. The number of pyridine rings is 1. The van der Waals surface area contributed by atoms with Crippen LogP contribution in [0.5, 0.6) is 0 Å². The van der Waals surface area contributed by atoms with Gasteiger partial charge in [-0.15, -0.1) is 0 Å². The van der Waals surface area contributed by atoms with Gasteiger partial charge in [0.25, 0.3) is 0 Å². The standard InChI is InChI=1S/C13H8F3NO3.K.H/c14-8-3-6-11(10(16)9(8)15)17(5-1-2-5)4-7(12(6)18)13(19)20;;/h3-5H,1-2H2,(H,19,20);;/q;+1;-1. The number of carboxylic acid groups (broad SMARTS) is 1. The Bertz CT molecular complexity index is 821. The molecule has 1 saturated carbocycles. The van der Waals surface area contributed by atoms with Crippen molar-refractivity contribution in [2.45, 2.75) is 18.9 Å². The van der Waals surface area contributed by atoms with Crippen molar-refractivity contribution in [3.8, 4) is 0 Å². The molecule has 1 aliphatic carbocycles. The van der Waals surface area contributed by atoms with Crippen LogP contribution in [0.1, 0.15) is 30.7 Å². The van der Waals surface area contributed by atoms with E-state index in [0.717, 1.165) is 6.20 Å². The van der Waals surface area contributed by atoms with Gasteiger partial charge in [-0.3, -0.25) is 4.79 Å². The summed E-state index contributed by atoms with van der Waals surface area (Å²) in [4.78, 5) is 23.0. The summed E-state index contributed by atoms with van der Waals surface area (Å²) < 4.78 is 41.7. The number of hydrogen-bond acceptors (Lipinski definition) is 2. The maximum atomic E-state index is 13.9. The van der Waals surface area contributed by atoms with Gasteiger partial charge in [-0.1, -0.05) is 0 Å². The Hall–Kier alpha value is -0.674. The van der Waals surface area contributed by atoms with E-state index >= 15 is 0 Å². The molecule has 0 spiro atoms. The maximum absolute atomic E-state index is 13.9. The molecule has 1 heterocycles. The second kappa shape index (κ2) is 5.84. The Morgan fingerprint density at radius 1 is 1.29 bits per heavy atom. The molecular weight excluding hydrogens is 314 g/mol. The predicted molar refractivity (Wildman–Crippen MR) is 64.4 cm³/mol. The molecule has 1 aromatic carbocycles. The van der Waals surface area contributed by atoms with Crippen LogP contribution in [0.2, 0.25) is 0 Å². The Morgan fingerprint density at radius 3 is 2.43 bits per heavy atom. The Labute approximate surface area is 160 Å². The van der Waals surface area contributed by atoms with Crippen molar-refractivity contribution in [2.24, 2.45) is 0 Å². The van der Waals surface area contributed by atoms with Crippen LogP contribution >= 0.6 is 0 Å². The normalized spacial score (nSPS) is 14.0. The molecule has 0 atom stereocenters. The smallest absolute Gasteiger partial charge is 1.00 e. The minimum absolute atomic E-state index is 0. The molecule has 1 fully saturated rings. The van der Waals surface area contributed by atoms with E-state index in [4.69, 9.17) is 5.11 Å². The van der Waals surface area contributed by atoms with Gasteiger partial charge in [0.05, 0.1) is 10.9 Å². The molecule has 0 bridgehead atoms. The third-order valence-electron chi connectivity index (χ3n) is 3.32. The molecule has 0 radical (unpaired) electrons. The van der Waals surface area contributed by atoms with Crippen LogP contribution in [0.25, 0.3) is 10.9 Å². The summed E-state index contributed by atoms with van der Waals surface area (Å²) in [5.74, 6) is -6.15. The van der Waals surface area contributed by atoms with E-state index in [0.29, 0.717) is 18.9 Å². The maximum Gasteiger partial charge on any atom is 1.00 e. The number of nitrogens with zero attached hydrogens (tertiary/aromatic N) is 1. The number of rotatable bonds is 2. The number of fused-ring (bicyclic) bond motifs is 1. The van der Waals surface area contributed by atoms with Crippen LogP contribution in [-0.2, 0) is 0 Å². The molecule has 0 amide bonds. The summed E-state index contributed by atoms with van der Waals surface area (Å²) >= 11 is 0. The first-order valence-corrected chi connectivity index (χ1v) is 5.87. The third-order valence-corrected chi connectivity index (χ3v) is 3.32. The van der Waals surface area contributed by atoms with Crippen LogP contribution < -0.4 is 56.8 Å². The van der Waals surface area contributed by atoms with Gasteiger partial charge in [-0.2, -0.15) is 0 Å². The van der Waals surface area contributed by atoms with Gasteiger partial charge in [0.2, 0.25) is 5.43 Å². The van der Waals surface area contributed by atoms with E-state index in [1.807, 2.05) is 0 Å². The van der Waals surface area contributed by atoms with Crippen molar-refractivity contribution < 1.29 is 75.9 Å². The molecule has 8 heteroatoms. The summed E-state index contributed by atoms with van der Waals surface area (Å²) in [7, 11) is 0. The van der Waals surface area contributed by atoms with Gasteiger partial charge < -0.3 is 11.1 Å². The zero-order chi connectivity index (χ0) is 14.6. The first kappa shape index (κ1) is 16.7. The molecule has 0 unspecified atom stereocenters. The van der Waals surface area contributed by atoms with Crippen molar-refractivity contribution in [1.82, 2.24) is 4.57 Å². The van der Waals surface area contributed by atoms with Crippen molar-refractivity contribution in [3.63, 3.8) is 0 Å². The molecular formula is C13H9F3KNO3. The summed E-state index contributed by atoms with van der Waals surface area (Å²) in [6, 6.07) is 0.345. The fraction of sp³-hybridized carbons (Fsp3) is 0.231. The zero-order valence-corrected chi connectivity index (χ0v) is 14.1. The van der Waals surface area contributed by atoms with Gasteiger partial charge in [0.15, 0.2) is 17.5 Å². The number of aromatic nitrogens is 1. The van der Waals surface area contributed by atoms with E-state index < -0.39 is 39.8 Å². The second-order valence-corrected chi connectivity index (χ2v) is 4.70. The fourth-order valence-electron chi connectivity index (χ4n) is 2.21. The minimum Gasteiger partial charge on any atom is -1.00 e. The Morgan fingerprint density at radius 2 is 1.90 bits per heavy atom. The number of hydrogen-bond donors (Lipinski definition) is 1. The topological polar surface area (TPSA) is 59.3 Å². The quantitative estimate of drug-likeness (QED) is 0.603. The van der Waals surface area contributed by atoms with Crippen molar-refractivity contribution >= 4 is 16.9 Å². The Kier molecular flexibility index (Phi) is 4.65. The van der Waals surface area contributed by atoms with E-state index in [2.05, 4.69) is 0 Å². The van der Waals surface area contributed by atoms with Gasteiger partial charge >= 0.3 is 57.4 Å². The molecule has 0 aliphatic heterocycles. The van der Waals surface area contributed by atoms with Crippen molar-refractivity contribution in [1.29, 1.82) is 0 Å². The first-order chi connectivity index (χ1) is 9.41. The molecule has 1 aromatic heterocycles. The van der Waals surface area contributed by atoms with E-state index in [1.165, 1.54) is 4.57 Å². The van der Waals surface area contributed by atoms with Gasteiger partial charge in [0, 0.05) is 12.2 Å². The van der Waals surface area contributed by atoms with Crippen molar-refractivity contribution in [3.05, 3.63) is 45.5 Å². The molecule has 21 heavy (non-hydrogen) atoms. The second-order valence-electron chi connectivity index (χ2n) is 4.70. The number of carboxylic acids is 1. The monoisotopic (exact) mass is 323 g/mol. The number of aromatic carboxylic acids is 1.